The van der Waals surface area contributed by atoms with Gasteiger partial charge in [-0.05, 0) is 43.1 Å². The fourth-order valence-electron chi connectivity index (χ4n) is 2.15. The molecule has 0 fully saturated rings. The van der Waals surface area contributed by atoms with Gasteiger partial charge in [-0.1, -0.05) is 48.6 Å². The second-order valence-corrected chi connectivity index (χ2v) is 4.70. The van der Waals surface area contributed by atoms with Crippen LogP contribution in [0.15, 0.2) is 65.8 Å². The Bertz CT molecular complexity index is 571. The first-order valence-corrected chi connectivity index (χ1v) is 6.11. The van der Waals surface area contributed by atoms with Crippen LogP contribution in [0.2, 0.25) is 0 Å². The molecule has 18 heavy (non-hydrogen) atoms. The molecule has 0 aromatic heterocycles. The van der Waals surface area contributed by atoms with Gasteiger partial charge in [0.15, 0.2) is 0 Å². The topological polar surface area (TPSA) is 20.2 Å². The van der Waals surface area contributed by atoms with Crippen LogP contribution >= 0.6 is 0 Å². The summed E-state index contributed by atoms with van der Waals surface area (Å²) in [5, 5.41) is 9.92. The Kier molecular flexibility index (Phi) is 3.52. The van der Waals surface area contributed by atoms with Gasteiger partial charge in [-0.2, -0.15) is 0 Å². The zero-order valence-corrected chi connectivity index (χ0v) is 10.9. The van der Waals surface area contributed by atoms with Crippen molar-refractivity contribution in [2.75, 3.05) is 0 Å². The van der Waals surface area contributed by atoms with Crippen molar-refractivity contribution in [1.82, 2.24) is 0 Å². The van der Waals surface area contributed by atoms with Crippen LogP contribution in [-0.2, 0) is 0 Å². The van der Waals surface area contributed by atoms with Crippen LogP contribution in [0.25, 0.3) is 5.57 Å². The number of allylic oxidation sites excluding steroid dienone is 7. The van der Waals surface area contributed by atoms with Crippen LogP contribution in [0.4, 0.5) is 0 Å². The Hall–Kier alpha value is -2.02. The number of benzene rings is 1. The number of phenolic OH excluding ortho intramolecular Hbond substituents is 1. The summed E-state index contributed by atoms with van der Waals surface area (Å²) in [6.45, 7) is 8.00. The average Bonchev–Trinajstić information content (AvgIpc) is 2.37. The van der Waals surface area contributed by atoms with E-state index in [4.69, 9.17) is 0 Å². The Morgan fingerprint density at radius 2 is 2.00 bits per heavy atom. The smallest absolute Gasteiger partial charge is 0.123 e. The normalized spacial score (nSPS) is 17.9. The van der Waals surface area contributed by atoms with E-state index in [1.54, 1.807) is 6.07 Å². The summed E-state index contributed by atoms with van der Waals surface area (Å²) in [6, 6.07) is 7.44. The van der Waals surface area contributed by atoms with Crippen molar-refractivity contribution >= 4 is 5.57 Å². The minimum absolute atomic E-state index is 0.324. The molecule has 1 aliphatic rings. The largest absolute Gasteiger partial charge is 0.507 e. The van der Waals surface area contributed by atoms with E-state index in [-0.39, 0.29) is 0 Å². The molecule has 0 atom stereocenters. The molecule has 0 saturated heterocycles. The maximum Gasteiger partial charge on any atom is 0.123 e. The van der Waals surface area contributed by atoms with Crippen LogP contribution < -0.4 is 0 Å². The van der Waals surface area contributed by atoms with Crippen molar-refractivity contribution in [3.05, 3.63) is 71.4 Å². The zero-order valence-electron chi connectivity index (χ0n) is 10.9. The molecule has 0 heterocycles. The van der Waals surface area contributed by atoms with Gasteiger partial charge >= 0.3 is 0 Å². The maximum absolute atomic E-state index is 9.92. The third-order valence-corrected chi connectivity index (χ3v) is 3.23. The molecular formula is C17H18O. The summed E-state index contributed by atoms with van der Waals surface area (Å²) in [4.78, 5) is 0. The SMILES string of the molecule is C=C/C(C)=C1/C=C(c2ccccc2O)C=C(C)C1. The Balaban J connectivity index is 2.53. The van der Waals surface area contributed by atoms with Gasteiger partial charge in [0.05, 0.1) is 0 Å². The lowest BCUT2D eigenvalue weighted by atomic mass is 9.89. The quantitative estimate of drug-likeness (QED) is 0.796. The number of phenols is 1. The third-order valence-electron chi connectivity index (χ3n) is 3.23. The molecule has 1 aromatic carbocycles. The second-order valence-electron chi connectivity index (χ2n) is 4.70. The van der Waals surface area contributed by atoms with Crippen molar-refractivity contribution in [3.8, 4) is 5.75 Å². The van der Waals surface area contributed by atoms with E-state index in [0.717, 1.165) is 17.6 Å². The van der Waals surface area contributed by atoms with Crippen LogP contribution in [-0.4, -0.2) is 5.11 Å². The monoisotopic (exact) mass is 238 g/mol. The summed E-state index contributed by atoms with van der Waals surface area (Å²) < 4.78 is 0. The highest BCUT2D eigenvalue weighted by Crippen LogP contribution is 2.33. The number of para-hydroxylation sites is 1. The van der Waals surface area contributed by atoms with E-state index in [9.17, 15) is 5.11 Å². The molecule has 0 saturated carbocycles. The zero-order chi connectivity index (χ0) is 13.1. The molecular weight excluding hydrogens is 220 g/mol. The highest BCUT2D eigenvalue weighted by atomic mass is 16.3. The molecule has 2 rings (SSSR count). The lowest BCUT2D eigenvalue weighted by molar-refractivity contribution is 0.473. The molecule has 1 aliphatic carbocycles. The standard InChI is InChI=1S/C17H18O/c1-4-13(3)14-9-12(2)10-15(11-14)16-7-5-6-8-17(16)18/h4-8,10-11,18H,1,9H2,2-3H3/b14-13+. The van der Waals surface area contributed by atoms with Crippen LogP contribution in [0.5, 0.6) is 5.75 Å². The van der Waals surface area contributed by atoms with Gasteiger partial charge in [0, 0.05) is 5.56 Å². The van der Waals surface area contributed by atoms with E-state index in [2.05, 4.69) is 32.6 Å². The first kappa shape index (κ1) is 12.4. The number of rotatable bonds is 2. The van der Waals surface area contributed by atoms with Crippen molar-refractivity contribution < 1.29 is 5.11 Å². The minimum atomic E-state index is 0.324. The van der Waals surface area contributed by atoms with Gasteiger partial charge in [-0.15, -0.1) is 0 Å². The number of hydrogen-bond acceptors (Lipinski definition) is 1. The van der Waals surface area contributed by atoms with E-state index in [0.29, 0.717) is 5.75 Å². The Labute approximate surface area is 108 Å². The fraction of sp³-hybridized carbons (Fsp3) is 0.176. The summed E-state index contributed by atoms with van der Waals surface area (Å²) in [5.41, 5.74) is 5.70. The minimum Gasteiger partial charge on any atom is -0.507 e. The van der Waals surface area contributed by atoms with E-state index in [1.165, 1.54) is 16.7 Å². The van der Waals surface area contributed by atoms with Crippen LogP contribution in [0.1, 0.15) is 25.8 Å². The Morgan fingerprint density at radius 3 is 2.67 bits per heavy atom. The van der Waals surface area contributed by atoms with Crippen molar-refractivity contribution in [1.29, 1.82) is 0 Å². The lowest BCUT2D eigenvalue weighted by Crippen LogP contribution is -1.95. The third kappa shape index (κ3) is 2.45. The van der Waals surface area contributed by atoms with E-state index < -0.39 is 0 Å². The molecule has 0 spiro atoms. The molecule has 1 heteroatoms. The summed E-state index contributed by atoms with van der Waals surface area (Å²) >= 11 is 0. The molecule has 1 aromatic rings. The summed E-state index contributed by atoms with van der Waals surface area (Å²) in [5.74, 6) is 0.324. The molecule has 92 valence electrons. The molecule has 0 aliphatic heterocycles. The fourth-order valence-corrected chi connectivity index (χ4v) is 2.15. The van der Waals surface area contributed by atoms with Gasteiger partial charge in [-0.25, -0.2) is 0 Å². The molecule has 1 N–H and O–H groups in total. The number of aromatic hydroxyl groups is 1. The molecule has 0 radical (unpaired) electrons. The molecule has 0 bridgehead atoms. The van der Waals surface area contributed by atoms with Crippen molar-refractivity contribution in [2.45, 2.75) is 20.3 Å². The number of hydrogen-bond donors (Lipinski definition) is 1. The van der Waals surface area contributed by atoms with E-state index in [1.807, 2.05) is 24.3 Å². The van der Waals surface area contributed by atoms with E-state index >= 15 is 0 Å². The highest BCUT2D eigenvalue weighted by Gasteiger charge is 2.11. The molecule has 0 amide bonds. The average molecular weight is 238 g/mol. The van der Waals surface area contributed by atoms with Crippen molar-refractivity contribution in [2.24, 2.45) is 0 Å². The van der Waals surface area contributed by atoms with Gasteiger partial charge < -0.3 is 5.11 Å². The maximum atomic E-state index is 9.92. The van der Waals surface area contributed by atoms with Gasteiger partial charge in [0.1, 0.15) is 5.75 Å². The first-order chi connectivity index (χ1) is 8.61. The predicted molar refractivity (Wildman–Crippen MR) is 77.4 cm³/mol. The summed E-state index contributed by atoms with van der Waals surface area (Å²) in [6.07, 6.45) is 7.11. The van der Waals surface area contributed by atoms with Gasteiger partial charge in [0.25, 0.3) is 0 Å². The molecule has 1 nitrogen and oxygen atoms in total. The Morgan fingerprint density at radius 1 is 1.28 bits per heavy atom. The second kappa shape index (κ2) is 5.09. The van der Waals surface area contributed by atoms with Gasteiger partial charge in [0.2, 0.25) is 0 Å². The van der Waals surface area contributed by atoms with Crippen LogP contribution in [0, 0.1) is 0 Å². The predicted octanol–water partition coefficient (Wildman–Crippen LogP) is 4.63. The molecule has 0 unspecified atom stereocenters. The van der Waals surface area contributed by atoms with Gasteiger partial charge in [-0.3, -0.25) is 0 Å². The summed E-state index contributed by atoms with van der Waals surface area (Å²) in [7, 11) is 0. The lowest BCUT2D eigenvalue weighted by Gasteiger charge is -2.16. The first-order valence-electron chi connectivity index (χ1n) is 6.11. The van der Waals surface area contributed by atoms with Crippen LogP contribution in [0.3, 0.4) is 0 Å². The highest BCUT2D eigenvalue weighted by molar-refractivity contribution is 5.81. The van der Waals surface area contributed by atoms with Crippen molar-refractivity contribution in [3.63, 3.8) is 0 Å².